The molecule has 0 aromatic heterocycles. The summed E-state index contributed by atoms with van der Waals surface area (Å²) in [5.41, 5.74) is 3.07. The quantitative estimate of drug-likeness (QED) is 0.521. The molecular weight excluding hydrogens is 212 g/mol. The zero-order valence-electron chi connectivity index (χ0n) is 11.0. The molecule has 0 saturated heterocycles. The Morgan fingerprint density at radius 3 is 2.38 bits per heavy atom. The molecule has 88 valence electrons. The van der Waals surface area contributed by atoms with E-state index in [0.717, 1.165) is 5.75 Å². The van der Waals surface area contributed by atoms with E-state index in [1.807, 2.05) is 11.8 Å². The lowest BCUT2D eigenvalue weighted by Crippen LogP contribution is -2.12. The van der Waals surface area contributed by atoms with E-state index in [2.05, 4.69) is 65.0 Å². The van der Waals surface area contributed by atoms with Crippen LogP contribution in [0.15, 0.2) is 40.8 Å². The largest absolute Gasteiger partial charge is 0.122 e. The van der Waals surface area contributed by atoms with Gasteiger partial charge in [-0.3, -0.25) is 0 Å². The molecule has 0 bridgehead atoms. The molecule has 0 amide bonds. The molecule has 0 aliphatic rings. The fourth-order valence-corrected chi connectivity index (χ4v) is 2.81. The molecule has 0 aliphatic heterocycles. The van der Waals surface area contributed by atoms with Gasteiger partial charge < -0.3 is 0 Å². The Kier molecular flexibility index (Phi) is 4.67. The third-order valence-electron chi connectivity index (χ3n) is 2.43. The second kappa shape index (κ2) is 5.58. The summed E-state index contributed by atoms with van der Waals surface area (Å²) in [6, 6.07) is 8.72. The minimum atomic E-state index is 0.231. The Balaban J connectivity index is 2.84. The predicted octanol–water partition coefficient (Wildman–Crippen LogP) is 5.04. The van der Waals surface area contributed by atoms with Crippen molar-refractivity contribution in [2.24, 2.45) is 0 Å². The second-order valence-electron chi connectivity index (χ2n) is 5.34. The first kappa shape index (κ1) is 13.4. The summed E-state index contributed by atoms with van der Waals surface area (Å²) in [6.45, 7) is 11.1. The summed E-state index contributed by atoms with van der Waals surface area (Å²) in [5, 5.41) is 0. The van der Waals surface area contributed by atoms with Gasteiger partial charge in [0.15, 0.2) is 0 Å². The monoisotopic (exact) mass is 234 g/mol. The van der Waals surface area contributed by atoms with Gasteiger partial charge in [0.1, 0.15) is 0 Å². The molecule has 0 nitrogen and oxygen atoms in total. The highest BCUT2D eigenvalue weighted by Crippen LogP contribution is 2.32. The van der Waals surface area contributed by atoms with Crippen LogP contribution >= 0.6 is 11.8 Å². The maximum atomic E-state index is 2.28. The van der Waals surface area contributed by atoms with Crippen molar-refractivity contribution in [3.8, 4) is 0 Å². The molecule has 0 spiro atoms. The summed E-state index contributed by atoms with van der Waals surface area (Å²) in [7, 11) is 0. The van der Waals surface area contributed by atoms with Crippen molar-refractivity contribution in [2.45, 2.75) is 44.9 Å². The molecule has 1 aromatic rings. The van der Waals surface area contributed by atoms with E-state index >= 15 is 0 Å². The average Bonchev–Trinajstić information content (AvgIpc) is 2.16. The standard InChI is InChI=1S/C15H22S/c1-12(2)10-11-16-14-9-7-6-8-13(14)15(3,4)5/h6-10H,11H2,1-5H3. The van der Waals surface area contributed by atoms with Crippen LogP contribution in [0.3, 0.4) is 0 Å². The number of rotatable bonds is 3. The van der Waals surface area contributed by atoms with Gasteiger partial charge in [-0.25, -0.2) is 0 Å². The SMILES string of the molecule is CC(C)=CCSc1ccccc1C(C)(C)C. The van der Waals surface area contributed by atoms with Crippen LogP contribution in [0.1, 0.15) is 40.2 Å². The van der Waals surface area contributed by atoms with Crippen molar-refractivity contribution in [3.05, 3.63) is 41.5 Å². The van der Waals surface area contributed by atoms with Crippen molar-refractivity contribution in [3.63, 3.8) is 0 Å². The summed E-state index contributed by atoms with van der Waals surface area (Å²) < 4.78 is 0. The van der Waals surface area contributed by atoms with Crippen LogP contribution in [0, 0.1) is 0 Å². The Hall–Kier alpha value is -0.690. The smallest absolute Gasteiger partial charge is 0.0163 e. The van der Waals surface area contributed by atoms with Crippen molar-refractivity contribution in [1.82, 2.24) is 0 Å². The van der Waals surface area contributed by atoms with Gasteiger partial charge in [0.25, 0.3) is 0 Å². The zero-order chi connectivity index (χ0) is 12.2. The Morgan fingerprint density at radius 2 is 1.81 bits per heavy atom. The molecule has 0 radical (unpaired) electrons. The van der Waals surface area contributed by atoms with Crippen LogP contribution in [0.25, 0.3) is 0 Å². The third kappa shape index (κ3) is 4.05. The number of hydrogen-bond donors (Lipinski definition) is 0. The summed E-state index contributed by atoms with van der Waals surface area (Å²) in [4.78, 5) is 1.41. The molecule has 1 rings (SSSR count). The number of benzene rings is 1. The molecule has 16 heavy (non-hydrogen) atoms. The van der Waals surface area contributed by atoms with Gasteiger partial charge in [0.05, 0.1) is 0 Å². The number of allylic oxidation sites excluding steroid dienone is 1. The summed E-state index contributed by atoms with van der Waals surface area (Å²) in [5.74, 6) is 1.06. The summed E-state index contributed by atoms with van der Waals surface area (Å²) >= 11 is 1.93. The summed E-state index contributed by atoms with van der Waals surface area (Å²) in [6.07, 6.45) is 2.28. The molecular formula is C15H22S. The molecule has 0 heterocycles. The Labute approximate surface area is 104 Å². The van der Waals surface area contributed by atoms with Gasteiger partial charge in [-0.05, 0) is 30.9 Å². The minimum Gasteiger partial charge on any atom is -0.122 e. The van der Waals surface area contributed by atoms with E-state index in [-0.39, 0.29) is 5.41 Å². The van der Waals surface area contributed by atoms with E-state index in [1.165, 1.54) is 16.0 Å². The lowest BCUT2D eigenvalue weighted by atomic mass is 9.87. The lowest BCUT2D eigenvalue weighted by Gasteiger charge is -2.22. The van der Waals surface area contributed by atoms with Gasteiger partial charge in [-0.1, -0.05) is 50.6 Å². The molecule has 0 atom stereocenters. The lowest BCUT2D eigenvalue weighted by molar-refractivity contribution is 0.578. The third-order valence-corrected chi connectivity index (χ3v) is 3.43. The van der Waals surface area contributed by atoms with E-state index in [4.69, 9.17) is 0 Å². The maximum Gasteiger partial charge on any atom is 0.0163 e. The molecule has 0 N–H and O–H groups in total. The first-order valence-electron chi connectivity index (χ1n) is 5.77. The van der Waals surface area contributed by atoms with Gasteiger partial charge >= 0.3 is 0 Å². The Bertz CT molecular complexity index is 365. The topological polar surface area (TPSA) is 0 Å². The number of hydrogen-bond acceptors (Lipinski definition) is 1. The average molecular weight is 234 g/mol. The van der Waals surface area contributed by atoms with Gasteiger partial charge in [-0.15, -0.1) is 11.8 Å². The molecule has 0 saturated carbocycles. The van der Waals surface area contributed by atoms with E-state index < -0.39 is 0 Å². The van der Waals surface area contributed by atoms with Crippen LogP contribution < -0.4 is 0 Å². The van der Waals surface area contributed by atoms with Crippen molar-refractivity contribution >= 4 is 11.8 Å². The Morgan fingerprint density at radius 1 is 1.19 bits per heavy atom. The highest BCUT2D eigenvalue weighted by molar-refractivity contribution is 7.99. The molecule has 0 unspecified atom stereocenters. The van der Waals surface area contributed by atoms with Gasteiger partial charge in [-0.2, -0.15) is 0 Å². The normalized spacial score (nSPS) is 11.3. The van der Waals surface area contributed by atoms with Crippen LogP contribution in [0.2, 0.25) is 0 Å². The first-order valence-corrected chi connectivity index (χ1v) is 6.75. The predicted molar refractivity (Wildman–Crippen MR) is 75.3 cm³/mol. The van der Waals surface area contributed by atoms with E-state index in [1.54, 1.807) is 0 Å². The molecule has 0 fully saturated rings. The highest BCUT2D eigenvalue weighted by Gasteiger charge is 2.16. The van der Waals surface area contributed by atoms with Crippen LogP contribution in [0.4, 0.5) is 0 Å². The molecule has 1 aromatic carbocycles. The van der Waals surface area contributed by atoms with Crippen molar-refractivity contribution < 1.29 is 0 Å². The van der Waals surface area contributed by atoms with Crippen LogP contribution in [0.5, 0.6) is 0 Å². The second-order valence-corrected chi connectivity index (χ2v) is 6.40. The van der Waals surface area contributed by atoms with Gasteiger partial charge in [0.2, 0.25) is 0 Å². The fourth-order valence-electron chi connectivity index (χ4n) is 1.51. The van der Waals surface area contributed by atoms with Crippen LogP contribution in [-0.4, -0.2) is 5.75 Å². The van der Waals surface area contributed by atoms with E-state index in [0.29, 0.717) is 0 Å². The molecule has 1 heteroatoms. The van der Waals surface area contributed by atoms with Crippen molar-refractivity contribution in [1.29, 1.82) is 0 Å². The molecule has 0 aliphatic carbocycles. The highest BCUT2D eigenvalue weighted by atomic mass is 32.2. The fraction of sp³-hybridized carbons (Fsp3) is 0.467. The minimum absolute atomic E-state index is 0.231. The zero-order valence-corrected chi connectivity index (χ0v) is 11.8. The van der Waals surface area contributed by atoms with Crippen LogP contribution in [-0.2, 0) is 5.41 Å². The first-order chi connectivity index (χ1) is 7.41. The van der Waals surface area contributed by atoms with Crippen molar-refractivity contribution in [2.75, 3.05) is 5.75 Å². The van der Waals surface area contributed by atoms with Gasteiger partial charge in [0, 0.05) is 10.6 Å². The number of thioether (sulfide) groups is 1. The van der Waals surface area contributed by atoms with E-state index in [9.17, 15) is 0 Å². The maximum absolute atomic E-state index is 2.28.